The molecule has 0 amide bonds. The van der Waals surface area contributed by atoms with Crippen LogP contribution in [-0.4, -0.2) is 19.0 Å². The highest BCUT2D eigenvalue weighted by atomic mass is 16.6. The molecule has 2 aliphatic heterocycles. The smallest absolute Gasteiger partial charge is 0.365 e. The number of anilines is 2. The van der Waals surface area contributed by atoms with Crippen LogP contribution in [0.4, 0.5) is 11.4 Å². The molecule has 2 heterocycles. The van der Waals surface area contributed by atoms with Gasteiger partial charge in [0, 0.05) is 18.4 Å². The lowest BCUT2D eigenvalue weighted by molar-refractivity contribution is -0.151. The van der Waals surface area contributed by atoms with Gasteiger partial charge in [-0.1, -0.05) is 36.4 Å². The fraction of sp³-hybridized carbons (Fsp3) is 0.111. The van der Waals surface area contributed by atoms with Crippen molar-refractivity contribution < 1.29 is 14.3 Å². The van der Waals surface area contributed by atoms with Gasteiger partial charge in [0.2, 0.25) is 0 Å². The monoisotopic (exact) mass is 306 g/mol. The summed E-state index contributed by atoms with van der Waals surface area (Å²) in [6.07, 6.45) is 0. The highest BCUT2D eigenvalue weighted by Crippen LogP contribution is 2.37. The summed E-state index contributed by atoms with van der Waals surface area (Å²) >= 11 is 0. The summed E-state index contributed by atoms with van der Waals surface area (Å²) in [6, 6.07) is 17.3. The SMILES string of the molecule is CN1C2=C(C(=O)OC2=O)N(c2ccccc2)Cc2ccccc21. The van der Waals surface area contributed by atoms with Gasteiger partial charge < -0.3 is 14.5 Å². The molecule has 0 saturated heterocycles. The van der Waals surface area contributed by atoms with Crippen LogP contribution in [-0.2, 0) is 20.9 Å². The first-order valence-electron chi connectivity index (χ1n) is 7.32. The number of likely N-dealkylation sites (N-methyl/N-ethyl adjacent to an activating group) is 1. The number of hydrogen-bond acceptors (Lipinski definition) is 5. The van der Waals surface area contributed by atoms with Crippen LogP contribution in [0.1, 0.15) is 5.56 Å². The van der Waals surface area contributed by atoms with Crippen LogP contribution in [0.25, 0.3) is 0 Å². The van der Waals surface area contributed by atoms with E-state index in [9.17, 15) is 9.59 Å². The Kier molecular flexibility index (Phi) is 2.94. The lowest BCUT2D eigenvalue weighted by Gasteiger charge is -2.23. The van der Waals surface area contributed by atoms with E-state index in [4.69, 9.17) is 4.74 Å². The van der Waals surface area contributed by atoms with E-state index in [0.717, 1.165) is 16.9 Å². The van der Waals surface area contributed by atoms with E-state index in [1.165, 1.54) is 0 Å². The molecular formula is C18H14N2O3. The van der Waals surface area contributed by atoms with Gasteiger partial charge in [-0.3, -0.25) is 0 Å². The second-order valence-corrected chi connectivity index (χ2v) is 5.48. The fourth-order valence-corrected chi connectivity index (χ4v) is 3.08. The number of ether oxygens (including phenoxy) is 1. The van der Waals surface area contributed by atoms with Crippen LogP contribution in [0.2, 0.25) is 0 Å². The molecule has 23 heavy (non-hydrogen) atoms. The van der Waals surface area contributed by atoms with Crippen LogP contribution in [0.15, 0.2) is 66.0 Å². The van der Waals surface area contributed by atoms with E-state index in [1.807, 2.05) is 59.5 Å². The number of nitrogens with zero attached hydrogens (tertiary/aromatic N) is 2. The molecular weight excluding hydrogens is 292 g/mol. The lowest BCUT2D eigenvalue weighted by atomic mass is 10.1. The molecule has 2 aliphatic rings. The van der Waals surface area contributed by atoms with Gasteiger partial charge in [0.1, 0.15) is 0 Å². The van der Waals surface area contributed by atoms with E-state index in [2.05, 4.69) is 0 Å². The first-order chi connectivity index (χ1) is 11.2. The highest BCUT2D eigenvalue weighted by Gasteiger charge is 2.42. The fourth-order valence-electron chi connectivity index (χ4n) is 3.08. The molecule has 0 unspecified atom stereocenters. The number of esters is 2. The van der Waals surface area contributed by atoms with Gasteiger partial charge in [0.25, 0.3) is 0 Å². The number of fused-ring (bicyclic) bond motifs is 1. The minimum atomic E-state index is -0.606. The zero-order valence-electron chi connectivity index (χ0n) is 12.5. The topological polar surface area (TPSA) is 49.9 Å². The first-order valence-corrected chi connectivity index (χ1v) is 7.32. The van der Waals surface area contributed by atoms with Gasteiger partial charge in [-0.25, -0.2) is 9.59 Å². The largest absolute Gasteiger partial charge is 0.383 e. The summed E-state index contributed by atoms with van der Waals surface area (Å²) < 4.78 is 4.87. The molecule has 2 aromatic rings. The molecule has 0 aliphatic carbocycles. The van der Waals surface area contributed by atoms with Crippen molar-refractivity contribution in [2.45, 2.75) is 6.54 Å². The summed E-state index contributed by atoms with van der Waals surface area (Å²) in [5.74, 6) is -1.21. The van der Waals surface area contributed by atoms with Crippen molar-refractivity contribution in [3.8, 4) is 0 Å². The van der Waals surface area contributed by atoms with Crippen molar-refractivity contribution in [3.63, 3.8) is 0 Å². The van der Waals surface area contributed by atoms with Crippen molar-refractivity contribution in [2.24, 2.45) is 0 Å². The molecule has 5 nitrogen and oxygen atoms in total. The normalized spacial score (nSPS) is 16.9. The van der Waals surface area contributed by atoms with Gasteiger partial charge >= 0.3 is 11.9 Å². The van der Waals surface area contributed by atoms with Crippen LogP contribution in [0, 0.1) is 0 Å². The van der Waals surface area contributed by atoms with E-state index in [-0.39, 0.29) is 5.70 Å². The van der Waals surface area contributed by atoms with Crippen molar-refractivity contribution >= 4 is 23.3 Å². The summed E-state index contributed by atoms with van der Waals surface area (Å²) in [4.78, 5) is 28.1. The highest BCUT2D eigenvalue weighted by molar-refractivity contribution is 6.16. The van der Waals surface area contributed by atoms with Crippen molar-refractivity contribution in [3.05, 3.63) is 71.6 Å². The van der Waals surface area contributed by atoms with Crippen LogP contribution in [0.5, 0.6) is 0 Å². The molecule has 114 valence electrons. The Morgan fingerprint density at radius 3 is 2.30 bits per heavy atom. The number of hydrogen-bond donors (Lipinski definition) is 0. The Balaban J connectivity index is 1.97. The molecule has 0 bridgehead atoms. The number of carbonyl (C=O) groups excluding carboxylic acids is 2. The molecule has 0 atom stereocenters. The van der Waals surface area contributed by atoms with Gasteiger partial charge in [-0.2, -0.15) is 0 Å². The minimum absolute atomic E-state index is 0.281. The summed E-state index contributed by atoms with van der Waals surface area (Å²) in [6.45, 7) is 0.492. The molecule has 0 fully saturated rings. The Hall–Kier alpha value is -3.08. The minimum Gasteiger partial charge on any atom is -0.383 e. The summed E-state index contributed by atoms with van der Waals surface area (Å²) in [5.41, 5.74) is 3.35. The van der Waals surface area contributed by atoms with Crippen molar-refractivity contribution in [1.29, 1.82) is 0 Å². The van der Waals surface area contributed by atoms with E-state index in [0.29, 0.717) is 12.2 Å². The third kappa shape index (κ3) is 2.01. The van der Waals surface area contributed by atoms with Crippen LogP contribution < -0.4 is 9.80 Å². The van der Waals surface area contributed by atoms with Gasteiger partial charge in [-0.05, 0) is 23.8 Å². The van der Waals surface area contributed by atoms with E-state index >= 15 is 0 Å². The maximum Gasteiger partial charge on any atom is 0.365 e. The molecule has 0 N–H and O–H groups in total. The van der Waals surface area contributed by atoms with Gasteiger partial charge in [0.15, 0.2) is 11.4 Å². The molecule has 5 heteroatoms. The third-order valence-corrected chi connectivity index (χ3v) is 4.15. The predicted molar refractivity (Wildman–Crippen MR) is 85.6 cm³/mol. The number of cyclic esters (lactones) is 2. The van der Waals surface area contributed by atoms with Gasteiger partial charge in [-0.15, -0.1) is 0 Å². The maximum atomic E-state index is 12.3. The van der Waals surface area contributed by atoms with Gasteiger partial charge in [0.05, 0.1) is 6.54 Å². The standard InChI is InChI=1S/C18H14N2O3/c1-19-14-10-6-5-7-12(14)11-20(13-8-3-2-4-9-13)16-15(19)17(21)23-18(16)22/h2-10H,11H2,1H3. The number of benzene rings is 2. The zero-order chi connectivity index (χ0) is 16.0. The lowest BCUT2D eigenvalue weighted by Crippen LogP contribution is -2.26. The predicted octanol–water partition coefficient (Wildman–Crippen LogP) is 2.44. The Bertz CT molecular complexity index is 842. The van der Waals surface area contributed by atoms with Crippen molar-refractivity contribution in [2.75, 3.05) is 16.8 Å². The van der Waals surface area contributed by atoms with Crippen LogP contribution >= 0.6 is 0 Å². The Morgan fingerprint density at radius 1 is 0.870 bits per heavy atom. The molecule has 2 aromatic carbocycles. The van der Waals surface area contributed by atoms with E-state index in [1.54, 1.807) is 11.9 Å². The summed E-state index contributed by atoms with van der Waals surface area (Å²) in [5, 5.41) is 0. The quantitative estimate of drug-likeness (QED) is 0.598. The first kappa shape index (κ1) is 13.6. The third-order valence-electron chi connectivity index (χ3n) is 4.15. The number of carbonyl (C=O) groups is 2. The zero-order valence-corrected chi connectivity index (χ0v) is 12.5. The molecule has 0 saturated carbocycles. The average Bonchev–Trinajstić information content (AvgIpc) is 2.79. The maximum absolute atomic E-state index is 12.3. The number of para-hydroxylation sites is 2. The molecule has 0 radical (unpaired) electrons. The van der Waals surface area contributed by atoms with E-state index < -0.39 is 11.9 Å². The van der Waals surface area contributed by atoms with Crippen molar-refractivity contribution in [1.82, 2.24) is 0 Å². The average molecular weight is 306 g/mol. The Labute approximate surface area is 133 Å². The molecule has 4 rings (SSSR count). The second-order valence-electron chi connectivity index (χ2n) is 5.48. The molecule has 0 aromatic heterocycles. The second kappa shape index (κ2) is 4.98. The summed E-state index contributed by atoms with van der Waals surface area (Å²) in [7, 11) is 1.78. The Morgan fingerprint density at radius 2 is 1.52 bits per heavy atom. The number of rotatable bonds is 1. The van der Waals surface area contributed by atoms with Crippen LogP contribution in [0.3, 0.4) is 0 Å². The molecule has 0 spiro atoms.